The molecule has 1 fully saturated rings. The monoisotopic (exact) mass is 383 g/mol. The largest absolute Gasteiger partial charge is 0.346 e. The molecular formula is C19H21N5O2S. The van der Waals surface area contributed by atoms with Crippen molar-refractivity contribution < 1.29 is 8.42 Å². The van der Waals surface area contributed by atoms with Crippen LogP contribution >= 0.6 is 0 Å². The summed E-state index contributed by atoms with van der Waals surface area (Å²) >= 11 is 0. The van der Waals surface area contributed by atoms with Crippen LogP contribution in [0.4, 0.5) is 11.5 Å². The summed E-state index contributed by atoms with van der Waals surface area (Å²) in [6, 6.07) is 7.51. The first kappa shape index (κ1) is 16.7. The second-order valence-electron chi connectivity index (χ2n) is 7.50. The SMILES string of the molecule is CS(=O)(=O)c1ccc2c(c1)C1(CCNCC1)CN2c1ncnc2[nH]ccc12. The van der Waals surface area contributed by atoms with Gasteiger partial charge in [0, 0.05) is 30.1 Å². The lowest BCUT2D eigenvalue weighted by Gasteiger charge is -2.35. The van der Waals surface area contributed by atoms with Crippen LogP contribution in [0.15, 0.2) is 41.7 Å². The minimum absolute atomic E-state index is 0.0607. The molecule has 0 atom stereocenters. The van der Waals surface area contributed by atoms with Crippen molar-refractivity contribution in [2.45, 2.75) is 23.2 Å². The van der Waals surface area contributed by atoms with Gasteiger partial charge in [0.1, 0.15) is 17.8 Å². The number of nitrogens with zero attached hydrogens (tertiary/aromatic N) is 3. The normalized spacial score (nSPS) is 18.9. The summed E-state index contributed by atoms with van der Waals surface area (Å²) in [7, 11) is -3.25. The molecule has 2 aromatic heterocycles. The van der Waals surface area contributed by atoms with Crippen molar-refractivity contribution in [3.05, 3.63) is 42.4 Å². The number of nitrogens with one attached hydrogen (secondary N) is 2. The van der Waals surface area contributed by atoms with Crippen molar-refractivity contribution in [2.24, 2.45) is 0 Å². The summed E-state index contributed by atoms with van der Waals surface area (Å²) in [6.45, 7) is 2.66. The molecule has 0 saturated carbocycles. The number of hydrogen-bond acceptors (Lipinski definition) is 6. The topological polar surface area (TPSA) is 91.0 Å². The van der Waals surface area contributed by atoms with Gasteiger partial charge in [-0.3, -0.25) is 0 Å². The number of H-pyrrole nitrogens is 1. The van der Waals surface area contributed by atoms with Gasteiger partial charge in [-0.1, -0.05) is 0 Å². The second-order valence-corrected chi connectivity index (χ2v) is 9.52. The number of aromatic nitrogens is 3. The zero-order valence-electron chi connectivity index (χ0n) is 15.1. The van der Waals surface area contributed by atoms with Crippen LogP contribution in [-0.2, 0) is 15.3 Å². The Morgan fingerprint density at radius 2 is 1.96 bits per heavy atom. The van der Waals surface area contributed by atoms with Crippen LogP contribution in [0, 0.1) is 0 Å². The Kier molecular flexibility index (Phi) is 3.57. The lowest BCUT2D eigenvalue weighted by Crippen LogP contribution is -2.42. The Morgan fingerprint density at radius 3 is 2.74 bits per heavy atom. The van der Waals surface area contributed by atoms with Crippen molar-refractivity contribution in [2.75, 3.05) is 30.8 Å². The third-order valence-corrected chi connectivity index (χ3v) is 6.98. The molecule has 4 heterocycles. The fraction of sp³-hybridized carbons (Fsp3) is 0.368. The molecule has 140 valence electrons. The number of anilines is 2. The van der Waals surface area contributed by atoms with Gasteiger partial charge in [-0.2, -0.15) is 0 Å². The van der Waals surface area contributed by atoms with Crippen LogP contribution in [0.3, 0.4) is 0 Å². The van der Waals surface area contributed by atoms with Crippen molar-refractivity contribution in [1.82, 2.24) is 20.3 Å². The van der Waals surface area contributed by atoms with Gasteiger partial charge in [0.05, 0.1) is 10.3 Å². The number of piperidine rings is 1. The predicted octanol–water partition coefficient (Wildman–Crippen LogP) is 2.13. The molecule has 27 heavy (non-hydrogen) atoms. The third kappa shape index (κ3) is 2.55. The number of fused-ring (bicyclic) bond motifs is 3. The van der Waals surface area contributed by atoms with Crippen LogP contribution in [0.2, 0.25) is 0 Å². The van der Waals surface area contributed by atoms with E-state index < -0.39 is 9.84 Å². The molecule has 7 nitrogen and oxygen atoms in total. The molecule has 0 unspecified atom stereocenters. The van der Waals surface area contributed by atoms with E-state index in [1.165, 1.54) is 6.26 Å². The highest BCUT2D eigenvalue weighted by Crippen LogP contribution is 2.49. The molecule has 3 aromatic rings. The Morgan fingerprint density at radius 1 is 1.15 bits per heavy atom. The lowest BCUT2D eigenvalue weighted by atomic mass is 9.75. The van der Waals surface area contributed by atoms with E-state index in [1.54, 1.807) is 12.4 Å². The molecule has 1 aromatic carbocycles. The van der Waals surface area contributed by atoms with Crippen LogP contribution < -0.4 is 10.2 Å². The van der Waals surface area contributed by atoms with E-state index in [1.807, 2.05) is 24.4 Å². The Balaban J connectivity index is 1.72. The number of rotatable bonds is 2. The summed E-state index contributed by atoms with van der Waals surface area (Å²) in [5, 5.41) is 4.40. The number of hydrogen-bond donors (Lipinski definition) is 2. The maximum absolute atomic E-state index is 12.1. The Labute approximate surface area is 157 Å². The van der Waals surface area contributed by atoms with Crippen molar-refractivity contribution in [1.29, 1.82) is 0 Å². The first-order chi connectivity index (χ1) is 13.0. The van der Waals surface area contributed by atoms with Crippen LogP contribution in [0.25, 0.3) is 11.0 Å². The fourth-order valence-electron chi connectivity index (χ4n) is 4.47. The predicted molar refractivity (Wildman–Crippen MR) is 104 cm³/mol. The van der Waals surface area contributed by atoms with Gasteiger partial charge in [0.15, 0.2) is 9.84 Å². The fourth-order valence-corrected chi connectivity index (χ4v) is 5.12. The van der Waals surface area contributed by atoms with Crippen molar-refractivity contribution >= 4 is 32.4 Å². The van der Waals surface area contributed by atoms with Crippen molar-refractivity contribution in [3.63, 3.8) is 0 Å². The number of benzene rings is 1. The lowest BCUT2D eigenvalue weighted by molar-refractivity contribution is 0.329. The molecule has 0 aliphatic carbocycles. The zero-order valence-corrected chi connectivity index (χ0v) is 15.9. The van der Waals surface area contributed by atoms with E-state index in [9.17, 15) is 8.42 Å². The van der Waals surface area contributed by atoms with Crippen LogP contribution in [0.1, 0.15) is 18.4 Å². The van der Waals surface area contributed by atoms with E-state index >= 15 is 0 Å². The van der Waals surface area contributed by atoms with Gasteiger partial charge >= 0.3 is 0 Å². The van der Waals surface area contributed by atoms with E-state index in [-0.39, 0.29) is 5.41 Å². The number of aromatic amines is 1. The third-order valence-electron chi connectivity index (χ3n) is 5.87. The van der Waals surface area contributed by atoms with Gasteiger partial charge in [0.2, 0.25) is 0 Å². The minimum Gasteiger partial charge on any atom is -0.346 e. The summed E-state index contributed by atoms with van der Waals surface area (Å²) in [5.74, 6) is 0.866. The van der Waals surface area contributed by atoms with Crippen LogP contribution in [0.5, 0.6) is 0 Å². The molecule has 0 amide bonds. The zero-order chi connectivity index (χ0) is 18.6. The van der Waals surface area contributed by atoms with Crippen LogP contribution in [-0.4, -0.2) is 49.3 Å². The highest BCUT2D eigenvalue weighted by molar-refractivity contribution is 7.90. The quantitative estimate of drug-likeness (QED) is 0.705. The molecule has 0 bridgehead atoms. The summed E-state index contributed by atoms with van der Waals surface area (Å²) in [4.78, 5) is 14.6. The van der Waals surface area contributed by atoms with Gasteiger partial charge in [-0.15, -0.1) is 0 Å². The minimum atomic E-state index is -3.25. The molecule has 2 aliphatic heterocycles. The average molecular weight is 383 g/mol. The maximum atomic E-state index is 12.1. The highest BCUT2D eigenvalue weighted by atomic mass is 32.2. The first-order valence-electron chi connectivity index (χ1n) is 9.09. The summed E-state index contributed by atoms with van der Waals surface area (Å²) in [6.07, 6.45) is 6.67. The standard InChI is InChI=1S/C19H21N5O2S/c1-27(25,26)13-2-3-16-15(10-13)19(5-8-20-9-6-19)11-24(16)18-14-4-7-21-17(14)22-12-23-18/h2-4,7,10,12,20H,5-6,8-9,11H2,1H3,(H,21,22,23). The first-order valence-corrected chi connectivity index (χ1v) is 11.0. The van der Waals surface area contributed by atoms with Gasteiger partial charge < -0.3 is 15.2 Å². The Bertz CT molecular complexity index is 1130. The second kappa shape index (κ2) is 5.77. The summed E-state index contributed by atoms with van der Waals surface area (Å²) in [5.41, 5.74) is 2.91. The molecule has 2 aliphatic rings. The highest BCUT2D eigenvalue weighted by Gasteiger charge is 2.44. The van der Waals surface area contributed by atoms with E-state index in [4.69, 9.17) is 0 Å². The number of sulfone groups is 1. The summed E-state index contributed by atoms with van der Waals surface area (Å²) < 4.78 is 24.3. The molecule has 1 saturated heterocycles. The molecule has 5 rings (SSSR count). The molecule has 0 radical (unpaired) electrons. The van der Waals surface area contributed by atoms with E-state index in [0.29, 0.717) is 4.90 Å². The molecular weight excluding hydrogens is 362 g/mol. The van der Waals surface area contributed by atoms with E-state index in [2.05, 4.69) is 25.2 Å². The maximum Gasteiger partial charge on any atom is 0.175 e. The molecule has 1 spiro atoms. The van der Waals surface area contributed by atoms with Gasteiger partial charge in [-0.05, 0) is 55.8 Å². The van der Waals surface area contributed by atoms with E-state index in [0.717, 1.165) is 60.6 Å². The van der Waals surface area contributed by atoms with Gasteiger partial charge in [-0.25, -0.2) is 18.4 Å². The Hall–Kier alpha value is -2.45. The smallest absolute Gasteiger partial charge is 0.175 e. The van der Waals surface area contributed by atoms with Crippen molar-refractivity contribution in [3.8, 4) is 0 Å². The molecule has 8 heteroatoms. The van der Waals surface area contributed by atoms with Gasteiger partial charge in [0.25, 0.3) is 0 Å². The molecule has 2 N–H and O–H groups in total. The average Bonchev–Trinajstić information content (AvgIpc) is 3.25.